The Kier molecular flexibility index (Phi) is 7.64. The Morgan fingerprint density at radius 1 is 0.892 bits per heavy atom. The van der Waals surface area contributed by atoms with Gasteiger partial charge in [0.05, 0.1) is 17.9 Å². The molecule has 0 saturated carbocycles. The number of benzene rings is 3. The summed E-state index contributed by atoms with van der Waals surface area (Å²) in [6.07, 6.45) is 0.722. The van der Waals surface area contributed by atoms with Crippen LogP contribution in [0.15, 0.2) is 83.5 Å². The predicted octanol–water partition coefficient (Wildman–Crippen LogP) is 5.08. The smallest absolute Gasteiger partial charge is 0.338 e. The van der Waals surface area contributed by atoms with Crippen LogP contribution in [0.2, 0.25) is 0 Å². The Labute approximate surface area is 216 Å². The molecule has 0 unspecified atom stereocenters. The van der Waals surface area contributed by atoms with Gasteiger partial charge in [-0.2, -0.15) is 0 Å². The fraction of sp³-hybridized carbons (Fsp3) is 0.111. The standard InChI is InChI=1S/C27H21ClFN3O5/c1-2-15-37-27(36)17-9-13-19(14-10-17)31-24(33)16-7-11-18(12-8-16)30-23-22(28)25(34)32(26(23)35)21-6-4-3-5-20(21)29/h3-14,30H,2,15H2,1H3,(H,31,33). The normalized spacial score (nSPS) is 13.1. The van der Waals surface area contributed by atoms with E-state index in [1.54, 1.807) is 24.3 Å². The number of hydrogen-bond acceptors (Lipinski definition) is 6. The number of nitrogens with zero attached hydrogens (tertiary/aromatic N) is 1. The summed E-state index contributed by atoms with van der Waals surface area (Å²) in [6, 6.07) is 17.8. The molecule has 1 heterocycles. The lowest BCUT2D eigenvalue weighted by Gasteiger charge is -2.15. The minimum atomic E-state index is -0.847. The molecule has 3 aromatic rings. The van der Waals surface area contributed by atoms with Gasteiger partial charge in [-0.25, -0.2) is 14.1 Å². The largest absolute Gasteiger partial charge is 0.462 e. The van der Waals surface area contributed by atoms with Crippen molar-refractivity contribution in [1.29, 1.82) is 0 Å². The van der Waals surface area contributed by atoms with Crippen molar-refractivity contribution in [2.75, 3.05) is 22.1 Å². The van der Waals surface area contributed by atoms with Crippen molar-refractivity contribution in [2.24, 2.45) is 0 Å². The molecular formula is C27H21ClFN3O5. The van der Waals surface area contributed by atoms with Crippen LogP contribution in [-0.4, -0.2) is 30.3 Å². The van der Waals surface area contributed by atoms with E-state index >= 15 is 0 Å². The molecule has 1 aliphatic rings. The van der Waals surface area contributed by atoms with Gasteiger partial charge in [-0.05, 0) is 67.1 Å². The molecule has 0 saturated heterocycles. The van der Waals surface area contributed by atoms with Gasteiger partial charge in [0.15, 0.2) is 0 Å². The highest BCUT2D eigenvalue weighted by Gasteiger charge is 2.40. The van der Waals surface area contributed by atoms with E-state index in [0.29, 0.717) is 34.0 Å². The lowest BCUT2D eigenvalue weighted by Crippen LogP contribution is -2.33. The first-order valence-corrected chi connectivity index (χ1v) is 11.7. The summed E-state index contributed by atoms with van der Waals surface area (Å²) in [5.41, 5.74) is 1.16. The number of ether oxygens (including phenoxy) is 1. The van der Waals surface area contributed by atoms with Crippen molar-refractivity contribution < 1.29 is 28.3 Å². The van der Waals surface area contributed by atoms with E-state index in [9.17, 15) is 23.6 Å². The maximum Gasteiger partial charge on any atom is 0.338 e. The SMILES string of the molecule is CCCOC(=O)c1ccc(NC(=O)c2ccc(NC3=C(Cl)C(=O)N(c4ccccc4F)C3=O)cc2)cc1. The number of para-hydroxylation sites is 1. The number of carbonyl (C=O) groups is 4. The molecule has 1 aliphatic heterocycles. The third-order valence-corrected chi connectivity index (χ3v) is 5.70. The molecule has 0 fully saturated rings. The first-order valence-electron chi connectivity index (χ1n) is 11.3. The summed E-state index contributed by atoms with van der Waals surface area (Å²) < 4.78 is 19.2. The molecule has 0 bridgehead atoms. The second-order valence-electron chi connectivity index (χ2n) is 7.96. The summed E-state index contributed by atoms with van der Waals surface area (Å²) in [5, 5.41) is 5.12. The van der Waals surface area contributed by atoms with E-state index in [2.05, 4.69) is 10.6 Å². The number of halogens is 2. The second-order valence-corrected chi connectivity index (χ2v) is 8.33. The third kappa shape index (κ3) is 5.52. The van der Waals surface area contributed by atoms with Gasteiger partial charge in [-0.15, -0.1) is 0 Å². The minimum absolute atomic E-state index is 0.203. The van der Waals surface area contributed by atoms with Crippen LogP contribution in [0, 0.1) is 5.82 Å². The van der Waals surface area contributed by atoms with Gasteiger partial charge in [0.1, 0.15) is 16.5 Å². The topological polar surface area (TPSA) is 105 Å². The van der Waals surface area contributed by atoms with E-state index in [0.717, 1.165) is 12.5 Å². The molecule has 0 atom stereocenters. The molecular weight excluding hydrogens is 501 g/mol. The fourth-order valence-corrected chi connectivity index (χ4v) is 3.70. The maximum atomic E-state index is 14.2. The van der Waals surface area contributed by atoms with E-state index in [4.69, 9.17) is 16.3 Å². The van der Waals surface area contributed by atoms with E-state index < -0.39 is 29.5 Å². The van der Waals surface area contributed by atoms with Crippen molar-refractivity contribution in [3.63, 3.8) is 0 Å². The average Bonchev–Trinajstić information content (AvgIpc) is 3.11. The van der Waals surface area contributed by atoms with Crippen LogP contribution in [0.5, 0.6) is 0 Å². The summed E-state index contributed by atoms with van der Waals surface area (Å²) in [6.45, 7) is 2.23. The van der Waals surface area contributed by atoms with Crippen LogP contribution in [0.3, 0.4) is 0 Å². The Morgan fingerprint density at radius 2 is 1.51 bits per heavy atom. The van der Waals surface area contributed by atoms with Crippen molar-refractivity contribution >= 4 is 52.4 Å². The summed E-state index contributed by atoms with van der Waals surface area (Å²) in [7, 11) is 0. The molecule has 8 nitrogen and oxygen atoms in total. The quantitative estimate of drug-likeness (QED) is 0.316. The zero-order valence-electron chi connectivity index (χ0n) is 19.6. The average molecular weight is 522 g/mol. The van der Waals surface area contributed by atoms with Gasteiger partial charge >= 0.3 is 5.97 Å². The highest BCUT2D eigenvalue weighted by Crippen LogP contribution is 2.31. The van der Waals surface area contributed by atoms with Gasteiger partial charge in [-0.1, -0.05) is 30.7 Å². The zero-order valence-corrected chi connectivity index (χ0v) is 20.3. The summed E-state index contributed by atoms with van der Waals surface area (Å²) in [4.78, 5) is 50.5. The first-order chi connectivity index (χ1) is 17.8. The van der Waals surface area contributed by atoms with Crippen LogP contribution in [-0.2, 0) is 14.3 Å². The molecule has 0 aromatic heterocycles. The van der Waals surface area contributed by atoms with E-state index in [-0.39, 0.29) is 16.4 Å². The van der Waals surface area contributed by atoms with Gasteiger partial charge in [0.25, 0.3) is 17.7 Å². The number of esters is 1. The maximum absolute atomic E-state index is 14.2. The molecule has 0 aliphatic carbocycles. The minimum Gasteiger partial charge on any atom is -0.462 e. The Bertz CT molecular complexity index is 1400. The van der Waals surface area contributed by atoms with E-state index in [1.165, 1.54) is 42.5 Å². The van der Waals surface area contributed by atoms with Gasteiger partial charge < -0.3 is 15.4 Å². The van der Waals surface area contributed by atoms with Crippen molar-refractivity contribution in [2.45, 2.75) is 13.3 Å². The van der Waals surface area contributed by atoms with Crippen LogP contribution in [0.4, 0.5) is 21.5 Å². The summed E-state index contributed by atoms with van der Waals surface area (Å²) in [5.74, 6) is -3.22. The fourth-order valence-electron chi connectivity index (χ4n) is 3.48. The van der Waals surface area contributed by atoms with Crippen LogP contribution >= 0.6 is 11.6 Å². The molecule has 3 aromatic carbocycles. The Balaban J connectivity index is 1.41. The number of anilines is 3. The van der Waals surface area contributed by atoms with Gasteiger partial charge in [0.2, 0.25) is 0 Å². The molecule has 188 valence electrons. The molecule has 0 spiro atoms. The summed E-state index contributed by atoms with van der Waals surface area (Å²) >= 11 is 6.09. The Hall–Kier alpha value is -4.50. The lowest BCUT2D eigenvalue weighted by atomic mass is 10.1. The highest BCUT2D eigenvalue weighted by molar-refractivity contribution is 6.53. The second kappa shape index (κ2) is 11.0. The van der Waals surface area contributed by atoms with E-state index in [1.807, 2.05) is 6.92 Å². The van der Waals surface area contributed by atoms with Gasteiger partial charge in [0, 0.05) is 16.9 Å². The van der Waals surface area contributed by atoms with Crippen molar-refractivity contribution in [1.82, 2.24) is 0 Å². The molecule has 37 heavy (non-hydrogen) atoms. The van der Waals surface area contributed by atoms with Crippen molar-refractivity contribution in [3.05, 3.63) is 100 Å². The molecule has 4 rings (SSSR count). The first kappa shape index (κ1) is 25.6. The highest BCUT2D eigenvalue weighted by atomic mass is 35.5. The zero-order chi connectivity index (χ0) is 26.5. The van der Waals surface area contributed by atoms with Crippen molar-refractivity contribution in [3.8, 4) is 0 Å². The van der Waals surface area contributed by atoms with Crippen LogP contribution in [0.25, 0.3) is 0 Å². The number of nitrogens with one attached hydrogen (secondary N) is 2. The lowest BCUT2D eigenvalue weighted by molar-refractivity contribution is -0.120. The van der Waals surface area contributed by atoms with Crippen LogP contribution in [0.1, 0.15) is 34.1 Å². The van der Waals surface area contributed by atoms with Gasteiger partial charge in [-0.3, -0.25) is 14.4 Å². The molecule has 3 amide bonds. The number of hydrogen-bond donors (Lipinski definition) is 2. The molecule has 2 N–H and O–H groups in total. The monoisotopic (exact) mass is 521 g/mol. The number of imide groups is 1. The third-order valence-electron chi connectivity index (χ3n) is 5.35. The Morgan fingerprint density at radius 3 is 2.16 bits per heavy atom. The number of amides is 3. The van der Waals surface area contributed by atoms with Crippen LogP contribution < -0.4 is 15.5 Å². The number of rotatable bonds is 8. The number of carbonyl (C=O) groups excluding carboxylic acids is 4. The molecule has 0 radical (unpaired) electrons. The molecule has 10 heteroatoms. The predicted molar refractivity (Wildman–Crippen MR) is 137 cm³/mol.